The molecular weight excluding hydrogens is 416 g/mol. The number of benzene rings is 2. The number of aryl methyl sites for hydroxylation is 1. The first-order chi connectivity index (χ1) is 16.0. The molecule has 2 aromatic carbocycles. The van der Waals surface area contributed by atoms with Crippen LogP contribution in [0, 0.1) is 5.92 Å². The highest BCUT2D eigenvalue weighted by Gasteiger charge is 2.29. The van der Waals surface area contributed by atoms with Gasteiger partial charge in [-0.05, 0) is 56.0 Å². The van der Waals surface area contributed by atoms with Crippen molar-refractivity contribution in [1.29, 1.82) is 0 Å². The molecule has 1 heterocycles. The molecule has 1 saturated carbocycles. The van der Waals surface area contributed by atoms with Gasteiger partial charge in [0.05, 0.1) is 19.9 Å². The molecular formula is C26H34N4O3. The number of hydrogen-bond acceptors (Lipinski definition) is 6. The van der Waals surface area contributed by atoms with E-state index in [2.05, 4.69) is 28.2 Å². The van der Waals surface area contributed by atoms with E-state index in [-0.39, 0.29) is 5.75 Å². The summed E-state index contributed by atoms with van der Waals surface area (Å²) in [5, 5.41) is 18.5. The summed E-state index contributed by atoms with van der Waals surface area (Å²) in [4.78, 5) is 2.52. The van der Waals surface area contributed by atoms with Crippen LogP contribution < -0.4 is 9.47 Å². The van der Waals surface area contributed by atoms with Gasteiger partial charge in [0, 0.05) is 43.4 Å². The Bertz CT molecular complexity index is 1060. The standard InChI is InChI=1S/C26H34N4O3/c1-18(19-7-5-6-8-19)30(16-21-11-14-23(32-3)15-25(21)33-4)17-24-26(27-28-29(24)2)20-9-12-22(31)13-10-20/h9-15,18-19,31H,5-8,16-17H2,1-4H3. The molecule has 1 aliphatic carbocycles. The Morgan fingerprint density at radius 3 is 2.45 bits per heavy atom. The molecule has 33 heavy (non-hydrogen) atoms. The molecule has 0 amide bonds. The van der Waals surface area contributed by atoms with Gasteiger partial charge in [0.2, 0.25) is 0 Å². The fourth-order valence-electron chi connectivity index (χ4n) is 4.87. The van der Waals surface area contributed by atoms with Crippen LogP contribution in [0.15, 0.2) is 42.5 Å². The lowest BCUT2D eigenvalue weighted by Crippen LogP contribution is -2.37. The van der Waals surface area contributed by atoms with Crippen LogP contribution in [0.2, 0.25) is 0 Å². The van der Waals surface area contributed by atoms with E-state index >= 15 is 0 Å². The summed E-state index contributed by atoms with van der Waals surface area (Å²) in [6, 6.07) is 13.6. The Morgan fingerprint density at radius 2 is 1.79 bits per heavy atom. The molecule has 1 aliphatic rings. The van der Waals surface area contributed by atoms with Crippen molar-refractivity contribution in [2.24, 2.45) is 13.0 Å². The van der Waals surface area contributed by atoms with Gasteiger partial charge in [-0.1, -0.05) is 24.1 Å². The van der Waals surface area contributed by atoms with E-state index in [9.17, 15) is 5.11 Å². The molecule has 4 rings (SSSR count). The number of hydrogen-bond donors (Lipinski definition) is 1. The molecule has 1 fully saturated rings. The Morgan fingerprint density at radius 1 is 1.06 bits per heavy atom. The number of phenols is 1. The lowest BCUT2D eigenvalue weighted by molar-refractivity contribution is 0.134. The van der Waals surface area contributed by atoms with Crippen molar-refractivity contribution in [2.75, 3.05) is 14.2 Å². The third-order valence-electron chi connectivity index (χ3n) is 6.96. The molecule has 0 spiro atoms. The minimum Gasteiger partial charge on any atom is -0.508 e. The zero-order chi connectivity index (χ0) is 23.4. The third-order valence-corrected chi connectivity index (χ3v) is 6.96. The second kappa shape index (κ2) is 10.3. The van der Waals surface area contributed by atoms with Crippen molar-refractivity contribution in [2.45, 2.75) is 51.7 Å². The molecule has 7 heteroatoms. The number of ether oxygens (including phenoxy) is 2. The highest BCUT2D eigenvalue weighted by molar-refractivity contribution is 5.62. The molecule has 7 nitrogen and oxygen atoms in total. The normalized spacial score (nSPS) is 15.2. The van der Waals surface area contributed by atoms with E-state index in [1.807, 2.05) is 36.0 Å². The zero-order valence-corrected chi connectivity index (χ0v) is 20.0. The Balaban J connectivity index is 1.67. The van der Waals surface area contributed by atoms with Gasteiger partial charge in [-0.2, -0.15) is 0 Å². The van der Waals surface area contributed by atoms with Crippen molar-refractivity contribution in [3.8, 4) is 28.5 Å². The Labute approximate surface area is 195 Å². The SMILES string of the molecule is COc1ccc(CN(Cc2c(-c3ccc(O)cc3)nnn2C)C(C)C2CCCC2)c(OC)c1. The maximum Gasteiger partial charge on any atom is 0.127 e. The van der Waals surface area contributed by atoms with Gasteiger partial charge in [-0.15, -0.1) is 5.10 Å². The van der Waals surface area contributed by atoms with Gasteiger partial charge in [0.1, 0.15) is 22.9 Å². The molecule has 0 bridgehead atoms. The number of aromatic hydroxyl groups is 1. The van der Waals surface area contributed by atoms with Crippen LogP contribution in [0.4, 0.5) is 0 Å². The monoisotopic (exact) mass is 450 g/mol. The van der Waals surface area contributed by atoms with Crippen molar-refractivity contribution in [3.05, 3.63) is 53.7 Å². The first kappa shape index (κ1) is 23.1. The van der Waals surface area contributed by atoms with Crippen LogP contribution in [-0.4, -0.2) is 45.3 Å². The topological polar surface area (TPSA) is 72.6 Å². The minimum atomic E-state index is 0.243. The van der Waals surface area contributed by atoms with E-state index in [4.69, 9.17) is 9.47 Å². The van der Waals surface area contributed by atoms with Gasteiger partial charge in [-0.3, -0.25) is 9.58 Å². The van der Waals surface area contributed by atoms with E-state index in [0.717, 1.165) is 40.6 Å². The van der Waals surface area contributed by atoms with Gasteiger partial charge in [-0.25, -0.2) is 0 Å². The highest BCUT2D eigenvalue weighted by Crippen LogP contribution is 2.34. The van der Waals surface area contributed by atoms with Crippen LogP contribution >= 0.6 is 0 Å². The fraction of sp³-hybridized carbons (Fsp3) is 0.462. The predicted octanol–water partition coefficient (Wildman–Crippen LogP) is 4.79. The number of rotatable bonds is 9. The summed E-state index contributed by atoms with van der Waals surface area (Å²) in [6.07, 6.45) is 5.15. The number of phenolic OH excluding ortho intramolecular Hbond substituents is 1. The van der Waals surface area contributed by atoms with E-state index in [1.165, 1.54) is 25.7 Å². The van der Waals surface area contributed by atoms with Crippen LogP contribution in [0.1, 0.15) is 43.9 Å². The predicted molar refractivity (Wildman–Crippen MR) is 128 cm³/mol. The number of nitrogens with zero attached hydrogens (tertiary/aromatic N) is 4. The molecule has 1 unspecified atom stereocenters. The van der Waals surface area contributed by atoms with E-state index < -0.39 is 0 Å². The molecule has 0 aliphatic heterocycles. The zero-order valence-electron chi connectivity index (χ0n) is 20.0. The van der Waals surface area contributed by atoms with Crippen LogP contribution in [0.3, 0.4) is 0 Å². The summed E-state index contributed by atoms with van der Waals surface area (Å²) < 4.78 is 12.9. The first-order valence-corrected chi connectivity index (χ1v) is 11.6. The molecule has 1 N–H and O–H groups in total. The molecule has 1 atom stereocenters. The quantitative estimate of drug-likeness (QED) is 0.506. The fourth-order valence-corrected chi connectivity index (χ4v) is 4.87. The third kappa shape index (κ3) is 5.14. The van der Waals surface area contributed by atoms with Crippen molar-refractivity contribution >= 4 is 0 Å². The van der Waals surface area contributed by atoms with Crippen LogP contribution in [-0.2, 0) is 20.1 Å². The maximum atomic E-state index is 9.70. The number of methoxy groups -OCH3 is 2. The molecule has 1 aromatic heterocycles. The van der Waals surface area contributed by atoms with Gasteiger partial charge < -0.3 is 14.6 Å². The molecule has 176 valence electrons. The Hall–Kier alpha value is -3.06. The van der Waals surface area contributed by atoms with Gasteiger partial charge in [0.25, 0.3) is 0 Å². The first-order valence-electron chi connectivity index (χ1n) is 11.6. The maximum absolute atomic E-state index is 9.70. The lowest BCUT2D eigenvalue weighted by Gasteiger charge is -2.33. The van der Waals surface area contributed by atoms with Crippen molar-refractivity contribution in [3.63, 3.8) is 0 Å². The summed E-state index contributed by atoms with van der Waals surface area (Å²) in [5.41, 5.74) is 3.98. The molecule has 3 aromatic rings. The summed E-state index contributed by atoms with van der Waals surface area (Å²) in [7, 11) is 5.32. The average Bonchev–Trinajstić information content (AvgIpc) is 3.49. The Kier molecular flexibility index (Phi) is 7.18. The largest absolute Gasteiger partial charge is 0.508 e. The van der Waals surface area contributed by atoms with Crippen molar-refractivity contribution in [1.82, 2.24) is 19.9 Å². The minimum absolute atomic E-state index is 0.243. The highest BCUT2D eigenvalue weighted by atomic mass is 16.5. The van der Waals surface area contributed by atoms with Crippen LogP contribution in [0.25, 0.3) is 11.3 Å². The molecule has 0 radical (unpaired) electrons. The van der Waals surface area contributed by atoms with Crippen molar-refractivity contribution < 1.29 is 14.6 Å². The van der Waals surface area contributed by atoms with Crippen LogP contribution in [0.5, 0.6) is 17.2 Å². The second-order valence-corrected chi connectivity index (χ2v) is 8.92. The summed E-state index contributed by atoms with van der Waals surface area (Å²) >= 11 is 0. The average molecular weight is 451 g/mol. The van der Waals surface area contributed by atoms with Gasteiger partial charge in [0.15, 0.2) is 0 Å². The lowest BCUT2D eigenvalue weighted by atomic mass is 9.97. The number of aromatic nitrogens is 3. The van der Waals surface area contributed by atoms with Gasteiger partial charge >= 0.3 is 0 Å². The summed E-state index contributed by atoms with van der Waals surface area (Å²) in [5.74, 6) is 2.54. The smallest absolute Gasteiger partial charge is 0.127 e. The van der Waals surface area contributed by atoms with E-state index in [1.54, 1.807) is 26.4 Å². The van der Waals surface area contributed by atoms with E-state index in [0.29, 0.717) is 18.5 Å². The summed E-state index contributed by atoms with van der Waals surface area (Å²) in [6.45, 7) is 3.81. The molecule has 0 saturated heterocycles. The second-order valence-electron chi connectivity index (χ2n) is 8.92.